The van der Waals surface area contributed by atoms with Crippen LogP contribution in [0.5, 0.6) is 11.5 Å². The van der Waals surface area contributed by atoms with Gasteiger partial charge in [0.15, 0.2) is 18.1 Å². The van der Waals surface area contributed by atoms with E-state index in [-0.39, 0.29) is 18.1 Å². The summed E-state index contributed by atoms with van der Waals surface area (Å²) in [6.45, 7) is 3.62. The molecule has 0 aliphatic heterocycles. The van der Waals surface area contributed by atoms with E-state index in [1.807, 2.05) is 19.9 Å². The minimum Gasteiger partial charge on any atom is -0.504 e. The fourth-order valence-corrected chi connectivity index (χ4v) is 3.18. The third-order valence-electron chi connectivity index (χ3n) is 4.66. The highest BCUT2D eigenvalue weighted by Crippen LogP contribution is 2.38. The van der Waals surface area contributed by atoms with E-state index >= 15 is 0 Å². The van der Waals surface area contributed by atoms with Crippen LogP contribution < -0.4 is 4.74 Å². The van der Waals surface area contributed by atoms with Gasteiger partial charge in [0.25, 0.3) is 0 Å². The standard InChI is InChI=1S/C21H23NO5/c1-13-10-17(14(2)22(13)16-6-7-16)19(24)12-27-21(25)9-5-15-4-8-18(23)20(11-15)26-3/h4-5,8-11,16,23H,6-7,12H2,1-3H3/b9-5+. The summed E-state index contributed by atoms with van der Waals surface area (Å²) >= 11 is 0. The molecule has 6 nitrogen and oxygen atoms in total. The second kappa shape index (κ2) is 7.70. The monoisotopic (exact) mass is 369 g/mol. The molecule has 1 saturated carbocycles. The van der Waals surface area contributed by atoms with Crippen molar-refractivity contribution in [3.63, 3.8) is 0 Å². The van der Waals surface area contributed by atoms with Crippen molar-refractivity contribution in [1.82, 2.24) is 4.57 Å². The Labute approximate surface area is 158 Å². The summed E-state index contributed by atoms with van der Waals surface area (Å²) in [5, 5.41) is 9.57. The lowest BCUT2D eigenvalue weighted by molar-refractivity contribution is -0.136. The summed E-state index contributed by atoms with van der Waals surface area (Å²) in [4.78, 5) is 24.3. The summed E-state index contributed by atoms with van der Waals surface area (Å²) in [5.41, 5.74) is 3.27. The lowest BCUT2D eigenvalue weighted by Gasteiger charge is -2.07. The third-order valence-corrected chi connectivity index (χ3v) is 4.66. The van der Waals surface area contributed by atoms with Crippen LogP contribution in [0, 0.1) is 13.8 Å². The van der Waals surface area contributed by atoms with E-state index < -0.39 is 5.97 Å². The quantitative estimate of drug-likeness (QED) is 0.458. The number of rotatable bonds is 7. The van der Waals surface area contributed by atoms with Crippen molar-refractivity contribution in [3.8, 4) is 11.5 Å². The van der Waals surface area contributed by atoms with Gasteiger partial charge in [-0.15, -0.1) is 0 Å². The smallest absolute Gasteiger partial charge is 0.331 e. The van der Waals surface area contributed by atoms with Gasteiger partial charge in [-0.25, -0.2) is 4.79 Å². The number of benzene rings is 1. The number of ketones is 1. The van der Waals surface area contributed by atoms with Gasteiger partial charge in [0.2, 0.25) is 5.78 Å². The summed E-state index contributed by atoms with van der Waals surface area (Å²) < 4.78 is 12.3. The van der Waals surface area contributed by atoms with Gasteiger partial charge < -0.3 is 19.1 Å². The molecule has 0 unspecified atom stereocenters. The Morgan fingerprint density at radius 1 is 1.26 bits per heavy atom. The highest BCUT2D eigenvalue weighted by atomic mass is 16.5. The normalized spacial score (nSPS) is 13.7. The van der Waals surface area contributed by atoms with Gasteiger partial charge in [-0.3, -0.25) is 4.79 Å². The van der Waals surface area contributed by atoms with Crippen LogP contribution in [0.3, 0.4) is 0 Å². The zero-order chi connectivity index (χ0) is 19.6. The molecule has 1 aliphatic rings. The summed E-state index contributed by atoms with van der Waals surface area (Å²) in [6, 6.07) is 7.07. The molecule has 1 aromatic heterocycles. The topological polar surface area (TPSA) is 77.8 Å². The Bertz CT molecular complexity index is 906. The Morgan fingerprint density at radius 3 is 2.67 bits per heavy atom. The van der Waals surface area contributed by atoms with Gasteiger partial charge in [-0.2, -0.15) is 0 Å². The number of hydrogen-bond donors (Lipinski definition) is 1. The number of hydrogen-bond acceptors (Lipinski definition) is 5. The first-order valence-electron chi connectivity index (χ1n) is 8.84. The summed E-state index contributed by atoms with van der Waals surface area (Å²) in [6.07, 6.45) is 5.07. The van der Waals surface area contributed by atoms with Crippen molar-refractivity contribution in [2.24, 2.45) is 0 Å². The number of phenols is 1. The van der Waals surface area contributed by atoms with E-state index in [4.69, 9.17) is 9.47 Å². The summed E-state index contributed by atoms with van der Waals surface area (Å²) in [7, 11) is 1.45. The fraction of sp³-hybridized carbons (Fsp3) is 0.333. The van der Waals surface area contributed by atoms with Gasteiger partial charge in [-0.05, 0) is 56.5 Å². The molecule has 1 aliphatic carbocycles. The number of Topliss-reactive ketones (excluding diaryl/α,β-unsaturated/α-hetero) is 1. The van der Waals surface area contributed by atoms with Gasteiger partial charge in [-0.1, -0.05) is 6.07 Å². The molecule has 1 aromatic carbocycles. The van der Waals surface area contributed by atoms with Gasteiger partial charge in [0, 0.05) is 29.1 Å². The van der Waals surface area contributed by atoms with E-state index in [1.165, 1.54) is 25.3 Å². The zero-order valence-electron chi connectivity index (χ0n) is 15.7. The van der Waals surface area contributed by atoms with Crippen LogP contribution in [-0.4, -0.2) is 35.1 Å². The van der Waals surface area contributed by atoms with Crippen molar-refractivity contribution in [2.45, 2.75) is 32.7 Å². The maximum absolute atomic E-state index is 12.4. The lowest BCUT2D eigenvalue weighted by atomic mass is 10.1. The molecule has 0 atom stereocenters. The van der Waals surface area contributed by atoms with Crippen LogP contribution in [0.15, 0.2) is 30.3 Å². The fourth-order valence-electron chi connectivity index (χ4n) is 3.18. The molecule has 0 bridgehead atoms. The molecule has 0 radical (unpaired) electrons. The average molecular weight is 369 g/mol. The molecule has 27 heavy (non-hydrogen) atoms. The predicted octanol–water partition coefficient (Wildman–Crippen LogP) is 3.59. The van der Waals surface area contributed by atoms with Crippen molar-refractivity contribution in [3.05, 3.63) is 52.9 Å². The van der Waals surface area contributed by atoms with Gasteiger partial charge in [0.05, 0.1) is 7.11 Å². The molecule has 0 spiro atoms. The second-order valence-electron chi connectivity index (χ2n) is 6.68. The highest BCUT2D eigenvalue weighted by Gasteiger charge is 2.28. The van der Waals surface area contributed by atoms with Crippen molar-refractivity contribution >= 4 is 17.8 Å². The van der Waals surface area contributed by atoms with Gasteiger partial charge >= 0.3 is 5.97 Å². The molecule has 6 heteroatoms. The first kappa shape index (κ1) is 18.8. The largest absolute Gasteiger partial charge is 0.504 e. The van der Waals surface area contributed by atoms with Crippen LogP contribution >= 0.6 is 0 Å². The van der Waals surface area contributed by atoms with E-state index in [9.17, 15) is 14.7 Å². The Balaban J connectivity index is 1.59. The molecule has 0 saturated heterocycles. The Kier molecular flexibility index (Phi) is 5.35. The minimum atomic E-state index is -0.605. The SMILES string of the molecule is COc1cc(/C=C/C(=O)OCC(=O)c2cc(C)n(C3CC3)c2C)ccc1O. The maximum atomic E-state index is 12.4. The minimum absolute atomic E-state index is 0.0200. The average Bonchev–Trinajstić information content (AvgIpc) is 3.43. The van der Waals surface area contributed by atoms with Crippen LogP contribution in [-0.2, 0) is 9.53 Å². The number of aromatic nitrogens is 1. The first-order valence-corrected chi connectivity index (χ1v) is 8.84. The summed E-state index contributed by atoms with van der Waals surface area (Å²) in [5.74, 6) is -0.479. The number of ether oxygens (including phenoxy) is 2. The number of esters is 1. The predicted molar refractivity (Wildman–Crippen MR) is 101 cm³/mol. The molecule has 1 heterocycles. The van der Waals surface area contributed by atoms with E-state index in [0.29, 0.717) is 22.9 Å². The Morgan fingerprint density at radius 2 is 2.00 bits per heavy atom. The maximum Gasteiger partial charge on any atom is 0.331 e. The lowest BCUT2D eigenvalue weighted by Crippen LogP contribution is -2.13. The first-order chi connectivity index (χ1) is 12.9. The van der Waals surface area contributed by atoms with Crippen molar-refractivity contribution < 1.29 is 24.2 Å². The molecular weight excluding hydrogens is 346 g/mol. The molecule has 1 fully saturated rings. The van der Waals surface area contributed by atoms with Crippen LogP contribution in [0.1, 0.15) is 46.2 Å². The molecule has 2 aromatic rings. The number of carbonyl (C=O) groups excluding carboxylic acids is 2. The van der Waals surface area contributed by atoms with Crippen molar-refractivity contribution in [1.29, 1.82) is 0 Å². The number of phenolic OH excluding ortho intramolecular Hbond substituents is 1. The molecular formula is C21H23NO5. The van der Waals surface area contributed by atoms with E-state index in [1.54, 1.807) is 12.1 Å². The van der Waals surface area contributed by atoms with Crippen molar-refractivity contribution in [2.75, 3.05) is 13.7 Å². The third kappa shape index (κ3) is 4.22. The van der Waals surface area contributed by atoms with Crippen LogP contribution in [0.4, 0.5) is 0 Å². The number of nitrogens with zero attached hydrogens (tertiary/aromatic N) is 1. The molecule has 1 N–H and O–H groups in total. The van der Waals surface area contributed by atoms with E-state index in [2.05, 4.69) is 4.57 Å². The number of methoxy groups -OCH3 is 1. The van der Waals surface area contributed by atoms with Crippen LogP contribution in [0.25, 0.3) is 6.08 Å². The number of aryl methyl sites for hydroxylation is 1. The molecule has 142 valence electrons. The number of carbonyl (C=O) groups is 2. The number of aromatic hydroxyl groups is 1. The van der Waals surface area contributed by atoms with Crippen LogP contribution in [0.2, 0.25) is 0 Å². The highest BCUT2D eigenvalue weighted by molar-refractivity contribution is 6.00. The van der Waals surface area contributed by atoms with Gasteiger partial charge in [0.1, 0.15) is 0 Å². The molecule has 0 amide bonds. The van der Waals surface area contributed by atoms with E-state index in [0.717, 1.165) is 24.2 Å². The second-order valence-corrected chi connectivity index (χ2v) is 6.68. The molecule has 3 rings (SSSR count). The Hall–Kier alpha value is -3.02. The zero-order valence-corrected chi connectivity index (χ0v) is 15.7.